The summed E-state index contributed by atoms with van der Waals surface area (Å²) in [5.41, 5.74) is -0.442. The summed E-state index contributed by atoms with van der Waals surface area (Å²) < 4.78 is 41.5. The van der Waals surface area contributed by atoms with Crippen LogP contribution in [-0.2, 0) is 4.74 Å². The predicted molar refractivity (Wildman–Crippen MR) is 51.7 cm³/mol. The molecule has 1 heterocycles. The molecule has 1 rings (SSSR count). The van der Waals surface area contributed by atoms with E-state index in [0.29, 0.717) is 13.0 Å². The Morgan fingerprint density at radius 1 is 1.47 bits per heavy atom. The first-order valence-electron chi connectivity index (χ1n) is 5.26. The highest BCUT2D eigenvalue weighted by molar-refractivity contribution is 4.84. The van der Waals surface area contributed by atoms with Gasteiger partial charge in [-0.3, -0.25) is 0 Å². The van der Waals surface area contributed by atoms with Crippen LogP contribution in [0.1, 0.15) is 33.1 Å². The van der Waals surface area contributed by atoms with Gasteiger partial charge in [-0.1, -0.05) is 0 Å². The molecule has 1 aliphatic rings. The molecule has 0 amide bonds. The molecule has 1 saturated heterocycles. The van der Waals surface area contributed by atoms with E-state index in [0.717, 1.165) is 6.54 Å². The van der Waals surface area contributed by atoms with Gasteiger partial charge in [0.25, 0.3) is 0 Å². The van der Waals surface area contributed by atoms with Crippen LogP contribution < -0.4 is 5.32 Å². The van der Waals surface area contributed by atoms with E-state index in [4.69, 9.17) is 4.74 Å². The number of alkyl halides is 3. The Labute approximate surface area is 88.2 Å². The highest BCUT2D eigenvalue weighted by Gasteiger charge is 2.33. The zero-order valence-corrected chi connectivity index (χ0v) is 9.16. The minimum absolute atomic E-state index is 0.0784. The summed E-state index contributed by atoms with van der Waals surface area (Å²) >= 11 is 0. The van der Waals surface area contributed by atoms with E-state index in [-0.39, 0.29) is 12.5 Å². The fourth-order valence-corrected chi connectivity index (χ4v) is 1.92. The molecule has 1 N–H and O–H groups in total. The molecule has 1 aliphatic heterocycles. The molecular formula is C10H18F3NO. The second kappa shape index (κ2) is 4.70. The van der Waals surface area contributed by atoms with Gasteiger partial charge in [0.15, 0.2) is 0 Å². The van der Waals surface area contributed by atoms with Gasteiger partial charge in [0.05, 0.1) is 11.7 Å². The molecule has 0 aliphatic carbocycles. The topological polar surface area (TPSA) is 21.3 Å². The third-order valence-corrected chi connectivity index (χ3v) is 2.58. The highest BCUT2D eigenvalue weighted by Crippen LogP contribution is 2.27. The number of nitrogens with one attached hydrogen (secondary N) is 1. The molecule has 0 spiro atoms. The Kier molecular flexibility index (Phi) is 4.00. The largest absolute Gasteiger partial charge is 0.389 e. The number of halogens is 3. The first kappa shape index (κ1) is 12.8. The van der Waals surface area contributed by atoms with Crippen molar-refractivity contribution in [2.24, 2.45) is 0 Å². The Balaban J connectivity index is 2.30. The van der Waals surface area contributed by atoms with Crippen molar-refractivity contribution in [3.63, 3.8) is 0 Å². The number of hydrogen-bond acceptors (Lipinski definition) is 2. The highest BCUT2D eigenvalue weighted by atomic mass is 19.4. The maximum absolute atomic E-state index is 12.0. The van der Waals surface area contributed by atoms with Crippen LogP contribution in [0.5, 0.6) is 0 Å². The molecule has 0 aromatic heterocycles. The lowest BCUT2D eigenvalue weighted by molar-refractivity contribution is -0.143. The van der Waals surface area contributed by atoms with Crippen LogP contribution >= 0.6 is 0 Å². The van der Waals surface area contributed by atoms with E-state index in [1.54, 1.807) is 0 Å². The standard InChI is InChI=1S/C10H18F3NO/c1-8-6-14-7-9(2,15-8)4-3-5-10(11,12)13/h8,14H,3-7H2,1-2H3. The molecule has 0 bridgehead atoms. The molecule has 2 atom stereocenters. The van der Waals surface area contributed by atoms with E-state index in [2.05, 4.69) is 5.32 Å². The molecular weight excluding hydrogens is 207 g/mol. The van der Waals surface area contributed by atoms with Crippen molar-refractivity contribution in [1.29, 1.82) is 0 Å². The smallest absolute Gasteiger partial charge is 0.370 e. The van der Waals surface area contributed by atoms with Crippen molar-refractivity contribution >= 4 is 0 Å². The van der Waals surface area contributed by atoms with E-state index in [9.17, 15) is 13.2 Å². The van der Waals surface area contributed by atoms with Crippen LogP contribution in [0.4, 0.5) is 13.2 Å². The number of ether oxygens (including phenoxy) is 1. The molecule has 2 unspecified atom stereocenters. The quantitative estimate of drug-likeness (QED) is 0.796. The van der Waals surface area contributed by atoms with Gasteiger partial charge in [0, 0.05) is 19.5 Å². The van der Waals surface area contributed by atoms with Crippen LogP contribution in [0.25, 0.3) is 0 Å². The lowest BCUT2D eigenvalue weighted by Gasteiger charge is -2.38. The van der Waals surface area contributed by atoms with Crippen LogP contribution in [-0.4, -0.2) is 31.0 Å². The van der Waals surface area contributed by atoms with E-state index in [1.165, 1.54) is 0 Å². The van der Waals surface area contributed by atoms with Gasteiger partial charge in [-0.15, -0.1) is 0 Å². The molecule has 5 heteroatoms. The van der Waals surface area contributed by atoms with Crippen molar-refractivity contribution in [3.05, 3.63) is 0 Å². The van der Waals surface area contributed by atoms with Gasteiger partial charge in [-0.2, -0.15) is 13.2 Å². The van der Waals surface area contributed by atoms with Gasteiger partial charge in [-0.05, 0) is 26.7 Å². The molecule has 0 radical (unpaired) electrons. The van der Waals surface area contributed by atoms with Crippen LogP contribution in [0, 0.1) is 0 Å². The van der Waals surface area contributed by atoms with E-state index in [1.807, 2.05) is 13.8 Å². The molecule has 15 heavy (non-hydrogen) atoms. The second-order valence-corrected chi connectivity index (χ2v) is 4.48. The SMILES string of the molecule is CC1CNCC(C)(CCCC(F)(F)F)O1. The van der Waals surface area contributed by atoms with Crippen molar-refractivity contribution in [3.8, 4) is 0 Å². The van der Waals surface area contributed by atoms with Crippen molar-refractivity contribution in [2.75, 3.05) is 13.1 Å². The average molecular weight is 225 g/mol. The first-order chi connectivity index (χ1) is 6.81. The van der Waals surface area contributed by atoms with Crippen LogP contribution in [0.3, 0.4) is 0 Å². The van der Waals surface area contributed by atoms with Gasteiger partial charge < -0.3 is 10.1 Å². The van der Waals surface area contributed by atoms with E-state index >= 15 is 0 Å². The molecule has 90 valence electrons. The lowest BCUT2D eigenvalue weighted by atomic mass is 9.96. The zero-order chi connectivity index (χ0) is 11.5. The lowest BCUT2D eigenvalue weighted by Crippen LogP contribution is -2.51. The second-order valence-electron chi connectivity index (χ2n) is 4.48. The summed E-state index contributed by atoms with van der Waals surface area (Å²) in [7, 11) is 0. The predicted octanol–water partition coefficient (Wildman–Crippen LogP) is 2.49. The minimum atomic E-state index is -4.05. The van der Waals surface area contributed by atoms with Crippen LogP contribution in [0.2, 0.25) is 0 Å². The Hall–Kier alpha value is -0.290. The fourth-order valence-electron chi connectivity index (χ4n) is 1.92. The molecule has 0 saturated carbocycles. The molecule has 1 fully saturated rings. The average Bonchev–Trinajstić information content (AvgIpc) is 1.99. The fraction of sp³-hybridized carbons (Fsp3) is 1.00. The number of hydrogen-bond donors (Lipinski definition) is 1. The Bertz CT molecular complexity index is 207. The van der Waals surface area contributed by atoms with Gasteiger partial charge in [-0.25, -0.2) is 0 Å². The monoisotopic (exact) mass is 225 g/mol. The number of rotatable bonds is 3. The molecule has 0 aromatic rings. The summed E-state index contributed by atoms with van der Waals surface area (Å²) in [5, 5.41) is 3.17. The summed E-state index contributed by atoms with van der Waals surface area (Å²) in [5.74, 6) is 0. The number of morpholine rings is 1. The third-order valence-electron chi connectivity index (χ3n) is 2.58. The molecule has 2 nitrogen and oxygen atoms in total. The summed E-state index contributed by atoms with van der Waals surface area (Å²) in [6.45, 7) is 5.20. The normalized spacial score (nSPS) is 33.0. The van der Waals surface area contributed by atoms with Gasteiger partial charge in [0.2, 0.25) is 0 Å². The summed E-state index contributed by atoms with van der Waals surface area (Å²) in [6, 6.07) is 0. The van der Waals surface area contributed by atoms with Crippen molar-refractivity contribution < 1.29 is 17.9 Å². The van der Waals surface area contributed by atoms with Gasteiger partial charge >= 0.3 is 6.18 Å². The maximum Gasteiger partial charge on any atom is 0.389 e. The summed E-state index contributed by atoms with van der Waals surface area (Å²) in [6.07, 6.45) is -4.11. The molecule has 0 aromatic carbocycles. The maximum atomic E-state index is 12.0. The van der Waals surface area contributed by atoms with E-state index < -0.39 is 18.2 Å². The Morgan fingerprint density at radius 2 is 2.13 bits per heavy atom. The van der Waals surface area contributed by atoms with Crippen molar-refractivity contribution in [2.45, 2.75) is 51.0 Å². The Morgan fingerprint density at radius 3 is 2.67 bits per heavy atom. The van der Waals surface area contributed by atoms with Gasteiger partial charge in [0.1, 0.15) is 0 Å². The first-order valence-corrected chi connectivity index (χ1v) is 5.26. The third kappa shape index (κ3) is 4.84. The van der Waals surface area contributed by atoms with Crippen LogP contribution in [0.15, 0.2) is 0 Å². The summed E-state index contributed by atoms with van der Waals surface area (Å²) in [4.78, 5) is 0. The zero-order valence-electron chi connectivity index (χ0n) is 9.16. The minimum Gasteiger partial charge on any atom is -0.370 e. The van der Waals surface area contributed by atoms with Crippen molar-refractivity contribution in [1.82, 2.24) is 5.32 Å².